The Balaban J connectivity index is 1.41. The van der Waals surface area contributed by atoms with Gasteiger partial charge in [0, 0.05) is 39.3 Å². The zero-order chi connectivity index (χ0) is 22.6. The molecule has 0 unspecified atom stereocenters. The molecule has 1 amide bonds. The van der Waals surface area contributed by atoms with Gasteiger partial charge in [0.25, 0.3) is 5.91 Å². The Bertz CT molecular complexity index is 1120. The first-order valence-corrected chi connectivity index (χ1v) is 12.1. The quantitative estimate of drug-likeness (QED) is 0.564. The highest BCUT2D eigenvalue weighted by Crippen LogP contribution is 2.28. The highest BCUT2D eigenvalue weighted by atomic mass is 16.5. The van der Waals surface area contributed by atoms with Crippen LogP contribution >= 0.6 is 0 Å². The number of amides is 1. The monoisotopic (exact) mass is 451 g/mol. The third kappa shape index (κ3) is 4.80. The molecule has 33 heavy (non-hydrogen) atoms. The second-order valence-corrected chi connectivity index (χ2v) is 8.91. The average Bonchev–Trinajstić information content (AvgIpc) is 3.12. The molecule has 0 bridgehead atoms. The van der Waals surface area contributed by atoms with Gasteiger partial charge >= 0.3 is 0 Å². The summed E-state index contributed by atoms with van der Waals surface area (Å²) in [4.78, 5) is 27.7. The van der Waals surface area contributed by atoms with E-state index in [-0.39, 0.29) is 5.91 Å². The fourth-order valence-corrected chi connectivity index (χ4v) is 4.83. The molecule has 0 radical (unpaired) electrons. The summed E-state index contributed by atoms with van der Waals surface area (Å²) in [7, 11) is 0. The summed E-state index contributed by atoms with van der Waals surface area (Å²) in [5.74, 6) is 0.258. The fraction of sp³-hybridized carbons (Fsp3) is 0.542. The molecule has 2 saturated heterocycles. The van der Waals surface area contributed by atoms with Gasteiger partial charge in [0.1, 0.15) is 16.9 Å². The van der Waals surface area contributed by atoms with Gasteiger partial charge in [0.15, 0.2) is 5.65 Å². The highest BCUT2D eigenvalue weighted by molar-refractivity contribution is 6.10. The molecule has 2 aliphatic heterocycles. The Kier molecular flexibility index (Phi) is 6.70. The molecule has 176 valence electrons. The van der Waals surface area contributed by atoms with Crippen LogP contribution in [0.25, 0.3) is 22.2 Å². The Hall–Kier alpha value is -2.75. The van der Waals surface area contributed by atoms with Crippen LogP contribution in [0, 0.1) is 0 Å². The summed E-state index contributed by atoms with van der Waals surface area (Å²) in [5, 5.41) is 3.05. The van der Waals surface area contributed by atoms with Crippen molar-refractivity contribution in [3.8, 4) is 0 Å². The lowest BCUT2D eigenvalue weighted by Gasteiger charge is -2.26. The van der Waals surface area contributed by atoms with E-state index in [1.165, 1.54) is 19.3 Å². The minimum Gasteiger partial charge on any atom is -0.384 e. The summed E-state index contributed by atoms with van der Waals surface area (Å²) in [6.45, 7) is 8.43. The molecule has 5 rings (SSSR count). The van der Waals surface area contributed by atoms with Crippen molar-refractivity contribution in [2.45, 2.75) is 25.8 Å². The van der Waals surface area contributed by atoms with Crippen LogP contribution in [0.2, 0.25) is 0 Å². The van der Waals surface area contributed by atoms with Crippen LogP contribution in [0.1, 0.15) is 29.6 Å². The van der Waals surface area contributed by atoms with Gasteiger partial charge < -0.3 is 25.3 Å². The van der Waals surface area contributed by atoms with Crippen LogP contribution in [0.4, 0.5) is 5.82 Å². The van der Waals surface area contributed by atoms with E-state index in [0.29, 0.717) is 35.6 Å². The molecule has 9 heteroatoms. The number of benzene rings is 1. The molecular weight excluding hydrogens is 418 g/mol. The zero-order valence-electron chi connectivity index (χ0n) is 19.1. The first-order chi connectivity index (χ1) is 16.2. The lowest BCUT2D eigenvalue weighted by molar-refractivity contribution is 0.0383. The highest BCUT2D eigenvalue weighted by Gasteiger charge is 2.24. The van der Waals surface area contributed by atoms with Gasteiger partial charge in [-0.2, -0.15) is 0 Å². The van der Waals surface area contributed by atoms with E-state index in [9.17, 15) is 4.79 Å². The summed E-state index contributed by atoms with van der Waals surface area (Å²) < 4.78 is 7.37. The van der Waals surface area contributed by atoms with Crippen molar-refractivity contribution in [3.63, 3.8) is 0 Å². The number of hydrogen-bond acceptors (Lipinski definition) is 7. The Labute approximate surface area is 193 Å². The molecule has 0 atom stereocenters. The molecule has 0 aliphatic carbocycles. The lowest BCUT2D eigenvalue weighted by atomic mass is 10.1. The standard InChI is InChI=1S/C24H33N7O2/c25-22-20(24(32)26-8-11-30-14-16-33-17-15-30)21-23(28-19-7-3-2-6-18(19)27-21)31(22)13-12-29-9-4-1-5-10-29/h2-3,6-7H,1,4-5,8-17,25H2,(H,26,32). The molecule has 0 saturated carbocycles. The SMILES string of the molecule is Nc1c(C(=O)NCCN2CCOCC2)c2nc3ccccc3nc2n1CCN1CCCCC1. The third-order valence-electron chi connectivity index (χ3n) is 6.72. The van der Waals surface area contributed by atoms with E-state index in [1.807, 2.05) is 28.8 Å². The normalized spacial score (nSPS) is 18.2. The molecule has 9 nitrogen and oxygen atoms in total. The smallest absolute Gasteiger partial charge is 0.257 e. The van der Waals surface area contributed by atoms with Crippen LogP contribution in [0.5, 0.6) is 0 Å². The van der Waals surface area contributed by atoms with Gasteiger partial charge in [-0.1, -0.05) is 18.6 Å². The number of para-hydroxylation sites is 2. The largest absolute Gasteiger partial charge is 0.384 e. The molecular formula is C24H33N7O2. The molecule has 3 N–H and O–H groups in total. The second kappa shape index (κ2) is 10.0. The number of carbonyl (C=O) groups is 1. The molecule has 0 spiro atoms. The molecule has 2 aromatic heterocycles. The number of fused-ring (bicyclic) bond motifs is 2. The second-order valence-electron chi connectivity index (χ2n) is 8.91. The van der Waals surface area contributed by atoms with E-state index >= 15 is 0 Å². The maximum absolute atomic E-state index is 13.3. The van der Waals surface area contributed by atoms with Gasteiger partial charge in [-0.3, -0.25) is 9.69 Å². The number of aromatic nitrogens is 3. The molecule has 2 fully saturated rings. The van der Waals surface area contributed by atoms with Crippen molar-refractivity contribution < 1.29 is 9.53 Å². The van der Waals surface area contributed by atoms with Crippen molar-refractivity contribution in [1.82, 2.24) is 29.7 Å². The number of ether oxygens (including phenoxy) is 1. The number of anilines is 1. The summed E-state index contributed by atoms with van der Waals surface area (Å²) in [5.41, 5.74) is 9.85. The number of nitrogens with two attached hydrogens (primary N) is 1. The molecule has 1 aromatic carbocycles. The molecule has 4 heterocycles. The van der Waals surface area contributed by atoms with Crippen LogP contribution in [-0.4, -0.2) is 89.3 Å². The Morgan fingerprint density at radius 1 is 0.939 bits per heavy atom. The minimum absolute atomic E-state index is 0.188. The number of nitrogens with one attached hydrogen (secondary N) is 1. The van der Waals surface area contributed by atoms with Crippen LogP contribution < -0.4 is 11.1 Å². The predicted octanol–water partition coefficient (Wildman–Crippen LogP) is 1.71. The average molecular weight is 452 g/mol. The van der Waals surface area contributed by atoms with E-state index < -0.39 is 0 Å². The van der Waals surface area contributed by atoms with Gasteiger partial charge in [0.2, 0.25) is 0 Å². The molecule has 2 aliphatic rings. The first kappa shape index (κ1) is 22.1. The Morgan fingerprint density at radius 3 is 2.39 bits per heavy atom. The van der Waals surface area contributed by atoms with Crippen molar-refractivity contribution in [1.29, 1.82) is 0 Å². The van der Waals surface area contributed by atoms with Crippen molar-refractivity contribution in [2.75, 3.05) is 64.8 Å². The van der Waals surface area contributed by atoms with Gasteiger partial charge in [-0.15, -0.1) is 0 Å². The fourth-order valence-electron chi connectivity index (χ4n) is 4.83. The van der Waals surface area contributed by atoms with E-state index in [1.54, 1.807) is 0 Å². The topological polar surface area (TPSA) is 102 Å². The number of nitrogen functional groups attached to an aromatic ring is 1. The lowest BCUT2D eigenvalue weighted by Crippen LogP contribution is -2.41. The minimum atomic E-state index is -0.188. The van der Waals surface area contributed by atoms with Crippen molar-refractivity contribution in [2.24, 2.45) is 0 Å². The van der Waals surface area contributed by atoms with E-state index in [4.69, 9.17) is 20.4 Å². The third-order valence-corrected chi connectivity index (χ3v) is 6.72. The number of morpholine rings is 1. The maximum atomic E-state index is 13.3. The zero-order valence-corrected chi connectivity index (χ0v) is 19.1. The van der Waals surface area contributed by atoms with Crippen LogP contribution in [-0.2, 0) is 11.3 Å². The van der Waals surface area contributed by atoms with Gasteiger partial charge in [0.05, 0.1) is 24.2 Å². The summed E-state index contributed by atoms with van der Waals surface area (Å²) in [6.07, 6.45) is 3.78. The first-order valence-electron chi connectivity index (χ1n) is 12.1. The number of hydrogen-bond donors (Lipinski definition) is 2. The van der Waals surface area contributed by atoms with Crippen LogP contribution in [0.15, 0.2) is 24.3 Å². The number of likely N-dealkylation sites (tertiary alicyclic amines) is 1. The van der Waals surface area contributed by atoms with Gasteiger partial charge in [-0.05, 0) is 38.1 Å². The maximum Gasteiger partial charge on any atom is 0.257 e. The van der Waals surface area contributed by atoms with Crippen LogP contribution in [0.3, 0.4) is 0 Å². The van der Waals surface area contributed by atoms with Gasteiger partial charge in [-0.25, -0.2) is 9.97 Å². The number of rotatable bonds is 7. The van der Waals surface area contributed by atoms with E-state index in [0.717, 1.165) is 63.5 Å². The predicted molar refractivity (Wildman–Crippen MR) is 129 cm³/mol. The van der Waals surface area contributed by atoms with Crippen molar-refractivity contribution >= 4 is 33.9 Å². The Morgan fingerprint density at radius 2 is 1.64 bits per heavy atom. The molecule has 3 aromatic rings. The van der Waals surface area contributed by atoms with Crippen molar-refractivity contribution in [3.05, 3.63) is 29.8 Å². The summed E-state index contributed by atoms with van der Waals surface area (Å²) in [6, 6.07) is 7.75. The van der Waals surface area contributed by atoms with E-state index in [2.05, 4.69) is 15.1 Å². The number of carbonyl (C=O) groups excluding carboxylic acids is 1. The summed E-state index contributed by atoms with van der Waals surface area (Å²) >= 11 is 0. The number of nitrogens with zero attached hydrogens (tertiary/aromatic N) is 5. The number of piperidine rings is 1.